The minimum atomic E-state index is -0.952. The molecule has 2 rings (SSSR count). The summed E-state index contributed by atoms with van der Waals surface area (Å²) in [6.45, 7) is 5.32. The first-order valence-corrected chi connectivity index (χ1v) is 6.31. The first-order valence-electron chi connectivity index (χ1n) is 6.31. The highest BCUT2D eigenvalue weighted by atomic mass is 16.6. The number of rotatable bonds is 6. The van der Waals surface area contributed by atoms with Crippen LogP contribution in [0.2, 0.25) is 0 Å². The fourth-order valence-electron chi connectivity index (χ4n) is 1.86. The molecule has 1 heterocycles. The van der Waals surface area contributed by atoms with Crippen LogP contribution in [0, 0.1) is 6.92 Å². The molecule has 1 aromatic rings. The zero-order valence-corrected chi connectivity index (χ0v) is 11.1. The van der Waals surface area contributed by atoms with E-state index in [1.54, 1.807) is 6.08 Å². The number of aliphatic carboxylic acids is 1. The van der Waals surface area contributed by atoms with E-state index in [-0.39, 0.29) is 12.2 Å². The van der Waals surface area contributed by atoms with Gasteiger partial charge in [0.15, 0.2) is 0 Å². The van der Waals surface area contributed by atoms with Gasteiger partial charge in [-0.1, -0.05) is 23.8 Å². The van der Waals surface area contributed by atoms with Crippen LogP contribution in [-0.4, -0.2) is 30.4 Å². The molecule has 1 aliphatic rings. The van der Waals surface area contributed by atoms with Gasteiger partial charge in [-0.3, -0.25) is 0 Å². The molecule has 0 amide bonds. The maximum Gasteiger partial charge on any atom is 0.328 e. The summed E-state index contributed by atoms with van der Waals surface area (Å²) in [5, 5.41) is 8.71. The number of carboxylic acid groups (broad SMARTS) is 1. The lowest BCUT2D eigenvalue weighted by Gasteiger charge is -2.16. The Kier molecular flexibility index (Phi) is 4.35. The van der Waals surface area contributed by atoms with Gasteiger partial charge in [-0.2, -0.15) is 0 Å². The van der Waals surface area contributed by atoms with Crippen LogP contribution in [0.4, 0.5) is 0 Å². The molecule has 0 bridgehead atoms. The van der Waals surface area contributed by atoms with Crippen LogP contribution >= 0.6 is 0 Å². The van der Waals surface area contributed by atoms with Crippen molar-refractivity contribution in [3.8, 4) is 0 Å². The molecular formula is C15H18O4. The van der Waals surface area contributed by atoms with Gasteiger partial charge in [0.2, 0.25) is 0 Å². The van der Waals surface area contributed by atoms with Crippen molar-refractivity contribution in [1.82, 2.24) is 0 Å². The molecule has 0 unspecified atom stereocenters. The van der Waals surface area contributed by atoms with Gasteiger partial charge in [-0.15, -0.1) is 0 Å². The first-order chi connectivity index (χ1) is 9.06. The number of ether oxygens (including phenoxy) is 2. The zero-order valence-electron chi connectivity index (χ0n) is 11.1. The molecule has 102 valence electrons. The average Bonchev–Trinajstić information content (AvgIpc) is 3.18. The van der Waals surface area contributed by atoms with Crippen molar-refractivity contribution in [2.24, 2.45) is 0 Å². The summed E-state index contributed by atoms with van der Waals surface area (Å²) >= 11 is 0. The summed E-state index contributed by atoms with van der Waals surface area (Å²) in [7, 11) is 0. The van der Waals surface area contributed by atoms with Gasteiger partial charge in [0, 0.05) is 6.08 Å². The Labute approximate surface area is 112 Å². The van der Waals surface area contributed by atoms with E-state index in [1.807, 2.05) is 32.0 Å². The standard InChI is InChI=1S/C15H18O4/c1-10-3-4-12(5-6-15(16)17)14(7-10)11(2)18-8-13-9-19-13/h3-7,11,13H,8-9H2,1-2H3,(H,16,17)/t11-,13+/m1/s1. The predicted molar refractivity (Wildman–Crippen MR) is 72.0 cm³/mol. The van der Waals surface area contributed by atoms with Crippen molar-refractivity contribution in [2.45, 2.75) is 26.1 Å². The molecule has 0 spiro atoms. The second-order valence-electron chi connectivity index (χ2n) is 4.73. The summed E-state index contributed by atoms with van der Waals surface area (Å²) in [5.41, 5.74) is 3.00. The van der Waals surface area contributed by atoms with E-state index in [0.29, 0.717) is 6.61 Å². The third kappa shape index (κ3) is 4.19. The minimum absolute atomic E-state index is 0.0856. The summed E-state index contributed by atoms with van der Waals surface area (Å²) in [6.07, 6.45) is 2.89. The zero-order chi connectivity index (χ0) is 13.8. The van der Waals surface area contributed by atoms with Crippen LogP contribution in [0.25, 0.3) is 6.08 Å². The van der Waals surface area contributed by atoms with Crippen molar-refractivity contribution >= 4 is 12.0 Å². The largest absolute Gasteiger partial charge is 0.478 e. The molecule has 0 aliphatic carbocycles. The number of benzene rings is 1. The summed E-state index contributed by atoms with van der Waals surface area (Å²) in [6, 6.07) is 5.90. The quantitative estimate of drug-likeness (QED) is 0.632. The average molecular weight is 262 g/mol. The highest BCUT2D eigenvalue weighted by molar-refractivity contribution is 5.85. The molecule has 1 aromatic carbocycles. The Hall–Kier alpha value is -1.65. The number of epoxide rings is 1. The molecule has 1 saturated heterocycles. The van der Waals surface area contributed by atoms with Crippen molar-refractivity contribution in [3.63, 3.8) is 0 Å². The molecule has 19 heavy (non-hydrogen) atoms. The SMILES string of the molecule is Cc1ccc(C=CC(=O)O)c([C@@H](C)OC[C@H]2CO2)c1. The number of aryl methyl sites for hydroxylation is 1. The van der Waals surface area contributed by atoms with Gasteiger partial charge in [-0.05, 0) is 31.1 Å². The predicted octanol–water partition coefficient (Wildman–Crippen LogP) is 2.57. The van der Waals surface area contributed by atoms with Crippen LogP contribution < -0.4 is 0 Å². The second-order valence-corrected chi connectivity index (χ2v) is 4.73. The van der Waals surface area contributed by atoms with E-state index in [0.717, 1.165) is 29.4 Å². The number of carboxylic acids is 1. The lowest BCUT2D eigenvalue weighted by molar-refractivity contribution is -0.131. The van der Waals surface area contributed by atoms with Crippen LogP contribution in [0.1, 0.15) is 29.7 Å². The lowest BCUT2D eigenvalue weighted by Crippen LogP contribution is -2.07. The molecule has 1 fully saturated rings. The number of hydrogen-bond acceptors (Lipinski definition) is 3. The van der Waals surface area contributed by atoms with E-state index in [4.69, 9.17) is 14.6 Å². The van der Waals surface area contributed by atoms with E-state index in [9.17, 15) is 4.79 Å². The van der Waals surface area contributed by atoms with Crippen LogP contribution in [-0.2, 0) is 14.3 Å². The third-order valence-electron chi connectivity index (χ3n) is 3.02. The van der Waals surface area contributed by atoms with Crippen LogP contribution in [0.15, 0.2) is 24.3 Å². The van der Waals surface area contributed by atoms with Gasteiger partial charge >= 0.3 is 5.97 Å². The lowest BCUT2D eigenvalue weighted by atomic mass is 10.00. The second kappa shape index (κ2) is 5.99. The Bertz CT molecular complexity index is 489. The Balaban J connectivity index is 2.14. The van der Waals surface area contributed by atoms with Crippen LogP contribution in [0.3, 0.4) is 0 Å². The Morgan fingerprint density at radius 3 is 3.00 bits per heavy atom. The van der Waals surface area contributed by atoms with Crippen molar-refractivity contribution < 1.29 is 19.4 Å². The van der Waals surface area contributed by atoms with E-state index < -0.39 is 5.97 Å². The van der Waals surface area contributed by atoms with Gasteiger partial charge in [-0.25, -0.2) is 4.79 Å². The van der Waals surface area contributed by atoms with E-state index >= 15 is 0 Å². The summed E-state index contributed by atoms with van der Waals surface area (Å²) < 4.78 is 10.9. The maximum absolute atomic E-state index is 10.6. The fourth-order valence-corrected chi connectivity index (χ4v) is 1.86. The highest BCUT2D eigenvalue weighted by Crippen LogP contribution is 2.25. The molecular weight excluding hydrogens is 244 g/mol. The summed E-state index contributed by atoms with van der Waals surface area (Å²) in [5.74, 6) is -0.952. The van der Waals surface area contributed by atoms with Crippen molar-refractivity contribution in [3.05, 3.63) is 41.0 Å². The molecule has 1 aliphatic heterocycles. The Morgan fingerprint density at radius 1 is 1.63 bits per heavy atom. The highest BCUT2D eigenvalue weighted by Gasteiger charge is 2.24. The topological polar surface area (TPSA) is 59.1 Å². The minimum Gasteiger partial charge on any atom is -0.478 e. The fraction of sp³-hybridized carbons (Fsp3) is 0.400. The Morgan fingerprint density at radius 2 is 2.37 bits per heavy atom. The molecule has 4 nitrogen and oxygen atoms in total. The molecule has 0 saturated carbocycles. The molecule has 0 aromatic heterocycles. The number of hydrogen-bond donors (Lipinski definition) is 1. The molecule has 2 atom stereocenters. The monoisotopic (exact) mass is 262 g/mol. The molecule has 0 radical (unpaired) electrons. The third-order valence-corrected chi connectivity index (χ3v) is 3.02. The first kappa shape index (κ1) is 13.8. The van der Waals surface area contributed by atoms with Gasteiger partial charge in [0.25, 0.3) is 0 Å². The smallest absolute Gasteiger partial charge is 0.328 e. The van der Waals surface area contributed by atoms with Crippen molar-refractivity contribution in [2.75, 3.05) is 13.2 Å². The van der Waals surface area contributed by atoms with Gasteiger partial charge in [0.1, 0.15) is 6.10 Å². The van der Waals surface area contributed by atoms with Crippen LogP contribution in [0.5, 0.6) is 0 Å². The maximum atomic E-state index is 10.6. The van der Waals surface area contributed by atoms with Gasteiger partial charge < -0.3 is 14.6 Å². The van der Waals surface area contributed by atoms with Crippen molar-refractivity contribution in [1.29, 1.82) is 0 Å². The number of carbonyl (C=O) groups is 1. The summed E-state index contributed by atoms with van der Waals surface area (Å²) in [4.78, 5) is 10.6. The van der Waals surface area contributed by atoms with E-state index in [1.165, 1.54) is 0 Å². The molecule has 1 N–H and O–H groups in total. The van der Waals surface area contributed by atoms with Gasteiger partial charge in [0.05, 0.1) is 19.3 Å². The van der Waals surface area contributed by atoms with E-state index in [2.05, 4.69) is 0 Å². The normalized spacial score (nSPS) is 19.6. The molecule has 4 heteroatoms.